The summed E-state index contributed by atoms with van der Waals surface area (Å²) in [7, 11) is 0. The molecule has 0 aliphatic rings. The molecule has 0 radical (unpaired) electrons. The Bertz CT molecular complexity index is 1770. The van der Waals surface area contributed by atoms with Gasteiger partial charge in [-0.1, -0.05) is 66.7 Å². The predicted octanol–water partition coefficient (Wildman–Crippen LogP) is 8.21. The highest BCUT2D eigenvalue weighted by Gasteiger charge is 2.20. The van der Waals surface area contributed by atoms with E-state index < -0.39 is 0 Å². The molecular weight excluding hydrogens is 394 g/mol. The fourth-order valence-electron chi connectivity index (χ4n) is 4.64. The van der Waals surface area contributed by atoms with Crippen molar-refractivity contribution in [3.8, 4) is 22.4 Å². The number of fused-ring (bicyclic) bond motifs is 7. The Hall–Kier alpha value is -4.37. The van der Waals surface area contributed by atoms with E-state index >= 15 is 0 Å². The molecule has 0 saturated carbocycles. The number of hydrogen-bond acceptors (Lipinski definition) is 3. The highest BCUT2D eigenvalue weighted by Crippen LogP contribution is 2.44. The first-order chi connectivity index (χ1) is 15.9. The zero-order chi connectivity index (χ0) is 21.1. The summed E-state index contributed by atoms with van der Waals surface area (Å²) in [6, 6.07) is 32.9. The maximum absolute atomic E-state index is 6.41. The second kappa shape index (κ2) is 6.56. The number of hydrogen-bond donors (Lipinski definition) is 0. The summed E-state index contributed by atoms with van der Waals surface area (Å²) in [5.74, 6) is 0. The average Bonchev–Trinajstić information content (AvgIpc) is 3.42. The summed E-state index contributed by atoms with van der Waals surface area (Å²) in [5.41, 5.74) is 7.56. The molecule has 3 nitrogen and oxygen atoms in total. The second-order valence-electron chi connectivity index (χ2n) is 8.00. The standard InChI is InChI=1S/C29H17NO2/c1-2-8-18(9-3-1)24-16-19(14-15-30-24)22-17-23-20-10-4-6-12-25(20)31-29(23)27-21-11-5-7-13-26(21)32-28(22)27/h1-17H. The van der Waals surface area contributed by atoms with E-state index in [1.807, 2.05) is 60.8 Å². The van der Waals surface area contributed by atoms with Gasteiger partial charge in [0.2, 0.25) is 0 Å². The van der Waals surface area contributed by atoms with Crippen LogP contribution in [-0.2, 0) is 0 Å². The zero-order valence-electron chi connectivity index (χ0n) is 17.1. The van der Waals surface area contributed by atoms with Gasteiger partial charge in [0.25, 0.3) is 0 Å². The van der Waals surface area contributed by atoms with Crippen LogP contribution in [0.1, 0.15) is 0 Å². The molecule has 0 unspecified atom stereocenters. The Kier molecular flexibility index (Phi) is 3.55. The molecule has 3 heteroatoms. The van der Waals surface area contributed by atoms with Crippen LogP contribution < -0.4 is 0 Å². The number of rotatable bonds is 2. The summed E-state index contributed by atoms with van der Waals surface area (Å²) < 4.78 is 12.8. The van der Waals surface area contributed by atoms with E-state index in [1.165, 1.54) is 0 Å². The van der Waals surface area contributed by atoms with Gasteiger partial charge in [-0.2, -0.15) is 0 Å². The van der Waals surface area contributed by atoms with E-state index in [9.17, 15) is 0 Å². The van der Waals surface area contributed by atoms with Crippen LogP contribution in [-0.4, -0.2) is 4.98 Å². The topological polar surface area (TPSA) is 39.2 Å². The Morgan fingerprint density at radius 1 is 0.531 bits per heavy atom. The Labute approximate surface area is 183 Å². The molecule has 0 amide bonds. The molecule has 0 atom stereocenters. The first-order valence-corrected chi connectivity index (χ1v) is 10.6. The number of furan rings is 2. The van der Waals surface area contributed by atoms with E-state index in [4.69, 9.17) is 8.83 Å². The van der Waals surface area contributed by atoms with Crippen LogP contribution >= 0.6 is 0 Å². The first-order valence-electron chi connectivity index (χ1n) is 10.6. The quantitative estimate of drug-likeness (QED) is 0.288. The second-order valence-corrected chi connectivity index (χ2v) is 8.00. The van der Waals surface area contributed by atoms with Crippen LogP contribution in [0.4, 0.5) is 0 Å². The molecule has 150 valence electrons. The van der Waals surface area contributed by atoms with Crippen molar-refractivity contribution in [3.05, 3.63) is 103 Å². The SMILES string of the molecule is c1ccc(-c2cc(-c3cc4c5ccccc5oc4c4c3oc3ccccc34)ccn2)cc1. The summed E-state index contributed by atoms with van der Waals surface area (Å²) >= 11 is 0. The molecule has 0 saturated heterocycles. The van der Waals surface area contributed by atoms with E-state index in [2.05, 4.69) is 47.4 Å². The minimum absolute atomic E-state index is 0.836. The smallest absolute Gasteiger partial charge is 0.147 e. The fraction of sp³-hybridized carbons (Fsp3) is 0. The maximum Gasteiger partial charge on any atom is 0.147 e. The molecular formula is C29H17NO2. The molecule has 3 aromatic heterocycles. The van der Waals surface area contributed by atoms with Gasteiger partial charge in [0.1, 0.15) is 22.3 Å². The van der Waals surface area contributed by atoms with E-state index in [-0.39, 0.29) is 0 Å². The minimum atomic E-state index is 0.836. The van der Waals surface area contributed by atoms with Gasteiger partial charge < -0.3 is 8.83 Å². The molecule has 0 spiro atoms. The molecule has 4 aromatic carbocycles. The number of nitrogens with zero attached hydrogens (tertiary/aromatic N) is 1. The van der Waals surface area contributed by atoms with Crippen LogP contribution in [0.25, 0.3) is 66.3 Å². The minimum Gasteiger partial charge on any atom is -0.455 e. The lowest BCUT2D eigenvalue weighted by molar-refractivity contribution is 0.663. The van der Waals surface area contributed by atoms with Crippen molar-refractivity contribution in [1.29, 1.82) is 0 Å². The van der Waals surface area contributed by atoms with E-state index in [1.54, 1.807) is 0 Å². The van der Waals surface area contributed by atoms with Gasteiger partial charge in [-0.05, 0) is 35.9 Å². The third-order valence-electron chi connectivity index (χ3n) is 6.13. The lowest BCUT2D eigenvalue weighted by atomic mass is 9.98. The maximum atomic E-state index is 6.41. The average molecular weight is 411 g/mol. The van der Waals surface area contributed by atoms with Crippen LogP contribution in [0.5, 0.6) is 0 Å². The van der Waals surface area contributed by atoms with Crippen LogP contribution in [0.2, 0.25) is 0 Å². The summed E-state index contributed by atoms with van der Waals surface area (Å²) in [6.07, 6.45) is 1.86. The molecule has 0 N–H and O–H groups in total. The summed E-state index contributed by atoms with van der Waals surface area (Å²) in [5, 5.41) is 4.27. The molecule has 3 heterocycles. The Morgan fingerprint density at radius 3 is 2.06 bits per heavy atom. The van der Waals surface area contributed by atoms with Crippen molar-refractivity contribution in [1.82, 2.24) is 4.98 Å². The summed E-state index contributed by atoms with van der Waals surface area (Å²) in [4.78, 5) is 4.61. The van der Waals surface area contributed by atoms with Gasteiger partial charge in [0.05, 0.1) is 11.1 Å². The van der Waals surface area contributed by atoms with Crippen LogP contribution in [0.3, 0.4) is 0 Å². The Morgan fingerprint density at radius 2 is 1.22 bits per heavy atom. The van der Waals surface area contributed by atoms with Crippen molar-refractivity contribution >= 4 is 43.9 Å². The largest absolute Gasteiger partial charge is 0.455 e. The predicted molar refractivity (Wildman–Crippen MR) is 130 cm³/mol. The number of para-hydroxylation sites is 2. The highest BCUT2D eigenvalue weighted by atomic mass is 16.3. The molecule has 7 aromatic rings. The van der Waals surface area contributed by atoms with Crippen LogP contribution in [0, 0.1) is 0 Å². The molecule has 0 bridgehead atoms. The first kappa shape index (κ1) is 17.3. The lowest BCUT2D eigenvalue weighted by Crippen LogP contribution is -1.86. The van der Waals surface area contributed by atoms with Crippen molar-refractivity contribution in [2.24, 2.45) is 0 Å². The number of aromatic nitrogens is 1. The third-order valence-corrected chi connectivity index (χ3v) is 6.13. The van der Waals surface area contributed by atoms with Crippen molar-refractivity contribution in [2.75, 3.05) is 0 Å². The van der Waals surface area contributed by atoms with Crippen LogP contribution in [0.15, 0.2) is 112 Å². The number of pyridine rings is 1. The fourth-order valence-corrected chi connectivity index (χ4v) is 4.64. The number of benzene rings is 4. The van der Waals surface area contributed by atoms with E-state index in [0.717, 1.165) is 66.3 Å². The zero-order valence-corrected chi connectivity index (χ0v) is 17.1. The Balaban J connectivity index is 1.62. The van der Waals surface area contributed by atoms with Gasteiger partial charge in [0, 0.05) is 33.5 Å². The molecule has 0 aliphatic heterocycles. The highest BCUT2D eigenvalue weighted by molar-refractivity contribution is 6.25. The van der Waals surface area contributed by atoms with Gasteiger partial charge in [-0.25, -0.2) is 0 Å². The van der Waals surface area contributed by atoms with Gasteiger partial charge in [0.15, 0.2) is 0 Å². The van der Waals surface area contributed by atoms with Gasteiger partial charge in [-0.3, -0.25) is 4.98 Å². The van der Waals surface area contributed by atoms with E-state index in [0.29, 0.717) is 0 Å². The van der Waals surface area contributed by atoms with Gasteiger partial charge >= 0.3 is 0 Å². The van der Waals surface area contributed by atoms with Crippen molar-refractivity contribution < 1.29 is 8.83 Å². The third kappa shape index (κ3) is 2.45. The molecule has 0 fully saturated rings. The lowest BCUT2D eigenvalue weighted by Gasteiger charge is -2.07. The summed E-state index contributed by atoms with van der Waals surface area (Å²) in [6.45, 7) is 0. The van der Waals surface area contributed by atoms with Gasteiger partial charge in [-0.15, -0.1) is 0 Å². The monoisotopic (exact) mass is 411 g/mol. The molecule has 7 rings (SSSR count). The van der Waals surface area contributed by atoms with Crippen molar-refractivity contribution in [3.63, 3.8) is 0 Å². The molecule has 0 aliphatic carbocycles. The van der Waals surface area contributed by atoms with Crippen molar-refractivity contribution in [2.45, 2.75) is 0 Å². The normalized spacial score (nSPS) is 11.8. The molecule has 32 heavy (non-hydrogen) atoms.